The summed E-state index contributed by atoms with van der Waals surface area (Å²) in [7, 11) is 1.85. The number of aryl methyl sites for hydroxylation is 2. The quantitative estimate of drug-likeness (QED) is 0.373. The molecular weight excluding hydrogens is 468 g/mol. The molecule has 2 fully saturated rings. The summed E-state index contributed by atoms with van der Waals surface area (Å²) in [4.78, 5) is 25.8. The van der Waals surface area contributed by atoms with E-state index in [1.165, 1.54) is 24.8 Å². The lowest BCUT2D eigenvalue weighted by atomic mass is 9.76. The lowest BCUT2D eigenvalue weighted by Crippen LogP contribution is -2.19. The number of esters is 1. The summed E-state index contributed by atoms with van der Waals surface area (Å²) in [6, 6.07) is 6.55. The van der Waals surface area contributed by atoms with Crippen molar-refractivity contribution in [2.24, 2.45) is 13.0 Å². The second-order valence-electron chi connectivity index (χ2n) is 10.3. The summed E-state index contributed by atoms with van der Waals surface area (Å²) >= 11 is 0. The van der Waals surface area contributed by atoms with Crippen LogP contribution in [0.5, 0.6) is 6.01 Å². The lowest BCUT2D eigenvalue weighted by molar-refractivity contribution is -0.144. The second kappa shape index (κ2) is 11.4. The van der Waals surface area contributed by atoms with E-state index in [9.17, 15) is 4.79 Å². The maximum atomic E-state index is 12.0. The molecule has 2 aliphatic rings. The molecule has 2 aliphatic carbocycles. The fourth-order valence-electron chi connectivity index (χ4n) is 5.58. The predicted octanol–water partition coefficient (Wildman–Crippen LogP) is 5.05. The minimum absolute atomic E-state index is 0.0871. The van der Waals surface area contributed by atoms with Crippen LogP contribution in [0.1, 0.15) is 92.8 Å². The molecule has 0 bridgehead atoms. The van der Waals surface area contributed by atoms with Crippen molar-refractivity contribution in [2.45, 2.75) is 83.7 Å². The average molecular weight is 505 g/mol. The molecule has 3 heterocycles. The summed E-state index contributed by atoms with van der Waals surface area (Å²) in [6.07, 6.45) is 10.2. The van der Waals surface area contributed by atoms with Gasteiger partial charge in [-0.25, -0.2) is 9.67 Å². The number of hydrogen-bond acceptors (Lipinski definition) is 8. The van der Waals surface area contributed by atoms with E-state index in [4.69, 9.17) is 14.5 Å². The third-order valence-corrected chi connectivity index (χ3v) is 7.81. The molecule has 37 heavy (non-hydrogen) atoms. The highest BCUT2D eigenvalue weighted by atomic mass is 16.5. The first-order valence-electron chi connectivity index (χ1n) is 13.5. The number of nitrogens with zero attached hydrogens (tertiary/aromatic N) is 6. The molecule has 196 valence electrons. The Hall–Kier alpha value is -3.36. The van der Waals surface area contributed by atoms with E-state index >= 15 is 0 Å². The van der Waals surface area contributed by atoms with Gasteiger partial charge in [0, 0.05) is 31.3 Å². The van der Waals surface area contributed by atoms with E-state index in [1.54, 1.807) is 10.9 Å². The van der Waals surface area contributed by atoms with E-state index in [0.29, 0.717) is 42.5 Å². The summed E-state index contributed by atoms with van der Waals surface area (Å²) in [6.45, 7) is 4.61. The van der Waals surface area contributed by atoms with Crippen LogP contribution in [0.25, 0.3) is 11.4 Å². The monoisotopic (exact) mass is 504 g/mol. The highest BCUT2D eigenvalue weighted by Gasteiger charge is 2.27. The lowest BCUT2D eigenvalue weighted by Gasteiger charge is -2.29. The molecule has 3 aromatic heterocycles. The predicted molar refractivity (Wildman–Crippen MR) is 138 cm³/mol. The molecule has 2 saturated carbocycles. The van der Waals surface area contributed by atoms with Gasteiger partial charge in [-0.05, 0) is 75.5 Å². The molecule has 2 atom stereocenters. The number of carbonyl (C=O) groups excluding carboxylic acids is 1. The van der Waals surface area contributed by atoms with Gasteiger partial charge < -0.3 is 9.47 Å². The Balaban J connectivity index is 1.28. The second-order valence-corrected chi connectivity index (χ2v) is 10.3. The van der Waals surface area contributed by atoms with Crippen molar-refractivity contribution in [1.82, 2.24) is 29.9 Å². The molecule has 2 unspecified atom stereocenters. The standard InChI is InChI=1S/C28H36N6O3/c1-4-36-26(35)16-19-7-5-10-21(15-19)22-11-12-24(30-18(22)2)27-25(34(3)33-32-27)17-37-28-29-14-13-23(31-28)20-8-6-9-20/h11-14,19-21H,4-10,15-17H2,1-3H3. The van der Waals surface area contributed by atoms with Gasteiger partial charge in [-0.15, -0.1) is 5.10 Å². The number of aromatic nitrogens is 6. The van der Waals surface area contributed by atoms with Crippen molar-refractivity contribution in [3.05, 3.63) is 47.0 Å². The molecule has 3 aromatic rings. The Morgan fingerprint density at radius 1 is 1.08 bits per heavy atom. The molecular formula is C28H36N6O3. The van der Waals surface area contributed by atoms with E-state index in [2.05, 4.69) is 33.3 Å². The van der Waals surface area contributed by atoms with E-state index in [1.807, 2.05) is 26.1 Å². The van der Waals surface area contributed by atoms with Crippen LogP contribution in [0, 0.1) is 12.8 Å². The SMILES string of the molecule is CCOC(=O)CC1CCCC(c2ccc(-c3nnn(C)c3COc3nccc(C4CCC4)n3)nc2C)C1. The van der Waals surface area contributed by atoms with Gasteiger partial charge in [0.1, 0.15) is 18.0 Å². The van der Waals surface area contributed by atoms with Gasteiger partial charge in [0.15, 0.2) is 0 Å². The highest BCUT2D eigenvalue weighted by Crippen LogP contribution is 2.39. The Labute approximate surface area is 218 Å². The van der Waals surface area contributed by atoms with E-state index in [0.717, 1.165) is 48.5 Å². The van der Waals surface area contributed by atoms with Gasteiger partial charge >= 0.3 is 12.0 Å². The minimum Gasteiger partial charge on any atom is -0.466 e. The van der Waals surface area contributed by atoms with Gasteiger partial charge in [0.25, 0.3) is 0 Å². The zero-order valence-corrected chi connectivity index (χ0v) is 22.0. The van der Waals surface area contributed by atoms with Gasteiger partial charge in [-0.2, -0.15) is 4.98 Å². The third kappa shape index (κ3) is 5.81. The molecule has 0 aromatic carbocycles. The fraction of sp³-hybridized carbons (Fsp3) is 0.571. The molecule has 0 N–H and O–H groups in total. The van der Waals surface area contributed by atoms with Crippen LogP contribution in [-0.4, -0.2) is 42.5 Å². The van der Waals surface area contributed by atoms with Gasteiger partial charge in [0.2, 0.25) is 0 Å². The zero-order chi connectivity index (χ0) is 25.8. The molecule has 0 aliphatic heterocycles. The molecule has 0 saturated heterocycles. The van der Waals surface area contributed by atoms with E-state index in [-0.39, 0.29) is 12.6 Å². The molecule has 0 amide bonds. The van der Waals surface area contributed by atoms with Crippen LogP contribution in [-0.2, 0) is 23.2 Å². The molecule has 9 nitrogen and oxygen atoms in total. The van der Waals surface area contributed by atoms with Crippen LogP contribution in [0.4, 0.5) is 0 Å². The highest BCUT2D eigenvalue weighted by molar-refractivity contribution is 5.69. The maximum Gasteiger partial charge on any atom is 0.316 e. The van der Waals surface area contributed by atoms with Gasteiger partial charge in [-0.1, -0.05) is 24.1 Å². The summed E-state index contributed by atoms with van der Waals surface area (Å²) in [5, 5.41) is 8.62. The number of carbonyl (C=O) groups is 1. The van der Waals surface area contributed by atoms with Crippen molar-refractivity contribution < 1.29 is 14.3 Å². The molecule has 0 spiro atoms. The summed E-state index contributed by atoms with van der Waals surface area (Å²) in [5.41, 5.74) is 5.60. The molecule has 5 rings (SSSR count). The minimum atomic E-state index is -0.0871. The first kappa shape index (κ1) is 25.3. The number of hydrogen-bond donors (Lipinski definition) is 0. The van der Waals surface area contributed by atoms with Gasteiger partial charge in [-0.3, -0.25) is 9.78 Å². The smallest absolute Gasteiger partial charge is 0.316 e. The summed E-state index contributed by atoms with van der Waals surface area (Å²) in [5.74, 6) is 1.20. The van der Waals surface area contributed by atoms with Crippen LogP contribution < -0.4 is 4.74 Å². The summed E-state index contributed by atoms with van der Waals surface area (Å²) < 4.78 is 12.9. The largest absolute Gasteiger partial charge is 0.466 e. The molecule has 0 radical (unpaired) electrons. The maximum absolute atomic E-state index is 12.0. The van der Waals surface area contributed by atoms with Crippen LogP contribution in [0.3, 0.4) is 0 Å². The first-order valence-corrected chi connectivity index (χ1v) is 13.5. The van der Waals surface area contributed by atoms with Crippen molar-refractivity contribution in [1.29, 1.82) is 0 Å². The third-order valence-electron chi connectivity index (χ3n) is 7.81. The zero-order valence-electron chi connectivity index (χ0n) is 22.0. The topological polar surface area (TPSA) is 105 Å². The number of rotatable bonds is 9. The number of pyridine rings is 1. The van der Waals surface area contributed by atoms with Crippen molar-refractivity contribution >= 4 is 5.97 Å². The van der Waals surface area contributed by atoms with Crippen LogP contribution >= 0.6 is 0 Å². The first-order chi connectivity index (χ1) is 18.0. The van der Waals surface area contributed by atoms with E-state index < -0.39 is 0 Å². The average Bonchev–Trinajstić information content (AvgIpc) is 3.22. The normalized spacial score (nSPS) is 19.9. The van der Waals surface area contributed by atoms with Crippen LogP contribution in [0.15, 0.2) is 24.4 Å². The Morgan fingerprint density at radius 2 is 1.89 bits per heavy atom. The van der Waals surface area contributed by atoms with Crippen molar-refractivity contribution in [3.63, 3.8) is 0 Å². The van der Waals surface area contributed by atoms with Crippen LogP contribution in [0.2, 0.25) is 0 Å². The van der Waals surface area contributed by atoms with Crippen molar-refractivity contribution in [3.8, 4) is 17.4 Å². The number of ether oxygens (including phenoxy) is 2. The fourth-order valence-corrected chi connectivity index (χ4v) is 5.58. The Morgan fingerprint density at radius 3 is 2.65 bits per heavy atom. The molecule has 9 heteroatoms. The Bertz CT molecular complexity index is 1240. The Kier molecular flexibility index (Phi) is 7.76. The van der Waals surface area contributed by atoms with Gasteiger partial charge in [0.05, 0.1) is 18.0 Å². The van der Waals surface area contributed by atoms with Crippen molar-refractivity contribution in [2.75, 3.05) is 6.61 Å².